The van der Waals surface area contributed by atoms with Gasteiger partial charge >= 0.3 is 0 Å². The quantitative estimate of drug-likeness (QED) is 0.809. The topological polar surface area (TPSA) is 35.5 Å². The SMILES string of the molecule is COc1ccc(C(=O)c2ccc(C)c(F)c2F)c(OC)c1. The highest BCUT2D eigenvalue weighted by Gasteiger charge is 2.21. The molecular formula is C16H14F2O3. The van der Waals surface area contributed by atoms with Crippen molar-refractivity contribution in [2.75, 3.05) is 14.2 Å². The molecular weight excluding hydrogens is 278 g/mol. The van der Waals surface area contributed by atoms with Crippen LogP contribution in [0.5, 0.6) is 11.5 Å². The molecule has 0 saturated carbocycles. The van der Waals surface area contributed by atoms with Gasteiger partial charge in [-0.25, -0.2) is 8.78 Å². The number of ether oxygens (including phenoxy) is 2. The zero-order valence-electron chi connectivity index (χ0n) is 11.9. The summed E-state index contributed by atoms with van der Waals surface area (Å²) in [5.41, 5.74) is -0.0484. The van der Waals surface area contributed by atoms with Crippen molar-refractivity contribution in [3.63, 3.8) is 0 Å². The van der Waals surface area contributed by atoms with Gasteiger partial charge in [0.05, 0.1) is 25.3 Å². The molecule has 2 aromatic carbocycles. The van der Waals surface area contributed by atoms with Crippen LogP contribution in [0.25, 0.3) is 0 Å². The molecule has 3 nitrogen and oxygen atoms in total. The van der Waals surface area contributed by atoms with Gasteiger partial charge in [0.1, 0.15) is 11.5 Å². The molecule has 0 amide bonds. The number of benzene rings is 2. The summed E-state index contributed by atoms with van der Waals surface area (Å²) in [5.74, 6) is -2.09. The van der Waals surface area contributed by atoms with E-state index < -0.39 is 17.4 Å². The van der Waals surface area contributed by atoms with Crippen molar-refractivity contribution in [3.05, 3.63) is 58.7 Å². The van der Waals surface area contributed by atoms with E-state index in [1.807, 2.05) is 0 Å². The van der Waals surface area contributed by atoms with Crippen LogP contribution in [0.3, 0.4) is 0 Å². The monoisotopic (exact) mass is 292 g/mol. The van der Waals surface area contributed by atoms with Crippen molar-refractivity contribution in [3.8, 4) is 11.5 Å². The Bertz CT molecular complexity index is 696. The van der Waals surface area contributed by atoms with Crippen LogP contribution in [-0.4, -0.2) is 20.0 Å². The second-order valence-electron chi connectivity index (χ2n) is 4.45. The summed E-state index contributed by atoms with van der Waals surface area (Å²) in [4.78, 5) is 12.4. The first-order valence-corrected chi connectivity index (χ1v) is 6.21. The van der Waals surface area contributed by atoms with Gasteiger partial charge in [0, 0.05) is 6.07 Å². The molecule has 21 heavy (non-hydrogen) atoms. The molecule has 0 aromatic heterocycles. The lowest BCUT2D eigenvalue weighted by atomic mass is 10.00. The largest absolute Gasteiger partial charge is 0.497 e. The van der Waals surface area contributed by atoms with Crippen molar-refractivity contribution in [1.29, 1.82) is 0 Å². The number of aryl methyl sites for hydroxylation is 1. The first kappa shape index (κ1) is 15.0. The van der Waals surface area contributed by atoms with Crippen LogP contribution in [-0.2, 0) is 0 Å². The highest BCUT2D eigenvalue weighted by Crippen LogP contribution is 2.28. The zero-order valence-corrected chi connectivity index (χ0v) is 11.9. The molecule has 2 aromatic rings. The molecule has 0 unspecified atom stereocenters. The third kappa shape index (κ3) is 2.72. The molecule has 0 fully saturated rings. The fraction of sp³-hybridized carbons (Fsp3) is 0.188. The lowest BCUT2D eigenvalue weighted by Crippen LogP contribution is -2.08. The third-order valence-electron chi connectivity index (χ3n) is 3.17. The lowest BCUT2D eigenvalue weighted by molar-refractivity contribution is 0.103. The molecule has 0 bridgehead atoms. The van der Waals surface area contributed by atoms with Crippen LogP contribution >= 0.6 is 0 Å². The van der Waals surface area contributed by atoms with Crippen LogP contribution in [0, 0.1) is 18.6 Å². The minimum atomic E-state index is -1.15. The average molecular weight is 292 g/mol. The number of methoxy groups -OCH3 is 2. The van der Waals surface area contributed by atoms with Crippen molar-refractivity contribution < 1.29 is 23.0 Å². The molecule has 0 aliphatic rings. The second-order valence-corrected chi connectivity index (χ2v) is 4.45. The average Bonchev–Trinajstić information content (AvgIpc) is 2.51. The van der Waals surface area contributed by atoms with Gasteiger partial charge in [0.2, 0.25) is 0 Å². The Morgan fingerprint density at radius 2 is 1.62 bits per heavy atom. The lowest BCUT2D eigenvalue weighted by Gasteiger charge is -2.10. The van der Waals surface area contributed by atoms with Crippen molar-refractivity contribution >= 4 is 5.78 Å². The van der Waals surface area contributed by atoms with Gasteiger partial charge in [-0.15, -0.1) is 0 Å². The number of ketones is 1. The summed E-state index contributed by atoms with van der Waals surface area (Å²) in [6, 6.07) is 7.15. The maximum Gasteiger partial charge on any atom is 0.199 e. The van der Waals surface area contributed by atoms with E-state index in [-0.39, 0.29) is 22.4 Å². The highest BCUT2D eigenvalue weighted by atomic mass is 19.2. The summed E-state index contributed by atoms with van der Waals surface area (Å²) in [5, 5.41) is 0. The first-order valence-electron chi connectivity index (χ1n) is 6.21. The van der Waals surface area contributed by atoms with Crippen molar-refractivity contribution in [2.24, 2.45) is 0 Å². The van der Waals surface area contributed by atoms with Crippen LogP contribution < -0.4 is 9.47 Å². The normalized spacial score (nSPS) is 10.3. The van der Waals surface area contributed by atoms with E-state index >= 15 is 0 Å². The van der Waals surface area contributed by atoms with E-state index in [4.69, 9.17) is 9.47 Å². The summed E-state index contributed by atoms with van der Waals surface area (Å²) in [6.45, 7) is 1.43. The Hall–Kier alpha value is -2.43. The van der Waals surface area contributed by atoms with Gasteiger partial charge in [0.15, 0.2) is 17.4 Å². The summed E-state index contributed by atoms with van der Waals surface area (Å²) in [7, 11) is 2.86. The van der Waals surface area contributed by atoms with E-state index in [0.29, 0.717) is 5.75 Å². The van der Waals surface area contributed by atoms with E-state index in [1.165, 1.54) is 45.4 Å². The van der Waals surface area contributed by atoms with Crippen LogP contribution in [0.2, 0.25) is 0 Å². The Morgan fingerprint density at radius 3 is 2.24 bits per heavy atom. The molecule has 110 valence electrons. The van der Waals surface area contributed by atoms with Gasteiger partial charge in [-0.3, -0.25) is 4.79 Å². The number of hydrogen-bond acceptors (Lipinski definition) is 3. The summed E-state index contributed by atoms with van der Waals surface area (Å²) in [6.07, 6.45) is 0. The van der Waals surface area contributed by atoms with E-state index in [9.17, 15) is 13.6 Å². The predicted molar refractivity (Wildman–Crippen MR) is 74.1 cm³/mol. The fourth-order valence-corrected chi connectivity index (χ4v) is 1.95. The van der Waals surface area contributed by atoms with Gasteiger partial charge in [0.25, 0.3) is 0 Å². The number of rotatable bonds is 4. The molecule has 5 heteroatoms. The van der Waals surface area contributed by atoms with Crippen LogP contribution in [0.1, 0.15) is 21.5 Å². The number of carbonyl (C=O) groups excluding carboxylic acids is 1. The molecule has 0 radical (unpaired) electrons. The maximum atomic E-state index is 13.9. The standard InChI is InChI=1S/C16H14F2O3/c1-9-4-6-12(15(18)14(9)17)16(19)11-7-5-10(20-2)8-13(11)21-3/h4-8H,1-3H3. The molecule has 0 saturated heterocycles. The number of hydrogen-bond donors (Lipinski definition) is 0. The molecule has 2 rings (SSSR count). The van der Waals surface area contributed by atoms with Gasteiger partial charge in [-0.1, -0.05) is 6.07 Å². The summed E-state index contributed by atoms with van der Waals surface area (Å²) < 4.78 is 37.6. The number of carbonyl (C=O) groups is 1. The minimum absolute atomic E-state index is 0.139. The highest BCUT2D eigenvalue weighted by molar-refractivity contribution is 6.11. The van der Waals surface area contributed by atoms with Gasteiger partial charge < -0.3 is 9.47 Å². The van der Waals surface area contributed by atoms with Crippen molar-refractivity contribution in [2.45, 2.75) is 6.92 Å². The molecule has 0 N–H and O–H groups in total. The Kier molecular flexibility index (Phi) is 4.21. The number of halogens is 2. The van der Waals surface area contributed by atoms with Gasteiger partial charge in [-0.2, -0.15) is 0 Å². The Morgan fingerprint density at radius 1 is 0.952 bits per heavy atom. The maximum absolute atomic E-state index is 13.9. The minimum Gasteiger partial charge on any atom is -0.497 e. The fourth-order valence-electron chi connectivity index (χ4n) is 1.95. The molecule has 0 spiro atoms. The van der Waals surface area contributed by atoms with E-state index in [0.717, 1.165) is 0 Å². The smallest absolute Gasteiger partial charge is 0.199 e. The molecule has 0 heterocycles. The van der Waals surface area contributed by atoms with Crippen molar-refractivity contribution in [1.82, 2.24) is 0 Å². The molecule has 0 atom stereocenters. The Labute approximate surface area is 121 Å². The van der Waals surface area contributed by atoms with Gasteiger partial charge in [-0.05, 0) is 30.7 Å². The van der Waals surface area contributed by atoms with E-state index in [1.54, 1.807) is 6.07 Å². The third-order valence-corrected chi connectivity index (χ3v) is 3.17. The molecule has 0 aliphatic heterocycles. The second kappa shape index (κ2) is 5.91. The van der Waals surface area contributed by atoms with E-state index in [2.05, 4.69) is 0 Å². The molecule has 0 aliphatic carbocycles. The Balaban J connectivity index is 2.52. The van der Waals surface area contributed by atoms with Crippen LogP contribution in [0.15, 0.2) is 30.3 Å². The first-order chi connectivity index (χ1) is 9.99. The van der Waals surface area contributed by atoms with Crippen LogP contribution in [0.4, 0.5) is 8.78 Å². The summed E-state index contributed by atoms with van der Waals surface area (Å²) >= 11 is 0. The zero-order chi connectivity index (χ0) is 15.6. The predicted octanol–water partition coefficient (Wildman–Crippen LogP) is 3.52.